The Morgan fingerprint density at radius 2 is 1.67 bits per heavy atom. The van der Waals surface area contributed by atoms with E-state index in [-0.39, 0.29) is 11.2 Å². The molecule has 112 valence electrons. The van der Waals surface area contributed by atoms with Gasteiger partial charge in [-0.1, -0.05) is 19.4 Å². The maximum Gasteiger partial charge on any atom is 0.163 e. The lowest BCUT2D eigenvalue weighted by Gasteiger charge is -2.38. The van der Waals surface area contributed by atoms with Gasteiger partial charge in [0, 0.05) is 23.1 Å². The van der Waals surface area contributed by atoms with Crippen molar-refractivity contribution < 1.29 is 14.3 Å². The van der Waals surface area contributed by atoms with Gasteiger partial charge in [-0.05, 0) is 36.8 Å². The number of benzene rings is 1. The Kier molecular flexibility index (Phi) is 3.31. The van der Waals surface area contributed by atoms with Gasteiger partial charge in [0.25, 0.3) is 0 Å². The summed E-state index contributed by atoms with van der Waals surface area (Å²) in [5, 5.41) is 0. The lowest BCUT2D eigenvalue weighted by Crippen LogP contribution is -2.28. The molecule has 0 spiro atoms. The van der Waals surface area contributed by atoms with Gasteiger partial charge in [-0.2, -0.15) is 0 Å². The van der Waals surface area contributed by atoms with Crippen molar-refractivity contribution in [3.05, 3.63) is 28.8 Å². The van der Waals surface area contributed by atoms with Crippen molar-refractivity contribution in [1.29, 1.82) is 0 Å². The molecular weight excluding hydrogens is 264 g/mol. The van der Waals surface area contributed by atoms with Gasteiger partial charge in [-0.25, -0.2) is 0 Å². The first kappa shape index (κ1) is 14.2. The fraction of sp³-hybridized carbons (Fsp3) is 0.500. The molecular formula is C18H22O3. The van der Waals surface area contributed by atoms with Crippen molar-refractivity contribution in [3.8, 4) is 11.5 Å². The van der Waals surface area contributed by atoms with E-state index in [1.807, 2.05) is 12.1 Å². The highest BCUT2D eigenvalue weighted by Crippen LogP contribution is 2.51. The van der Waals surface area contributed by atoms with Crippen LogP contribution in [0, 0.1) is 5.41 Å². The van der Waals surface area contributed by atoms with Crippen molar-refractivity contribution in [2.24, 2.45) is 5.41 Å². The van der Waals surface area contributed by atoms with Crippen LogP contribution in [0.15, 0.2) is 17.7 Å². The molecule has 3 rings (SSSR count). The van der Waals surface area contributed by atoms with E-state index in [1.165, 1.54) is 5.57 Å². The Morgan fingerprint density at radius 3 is 2.33 bits per heavy atom. The minimum atomic E-state index is 0.0923. The van der Waals surface area contributed by atoms with Crippen LogP contribution >= 0.6 is 0 Å². The van der Waals surface area contributed by atoms with E-state index in [4.69, 9.17) is 9.47 Å². The SMILES string of the molecule is COc1ccc(OC)c2c1CCC1=C2C(=O)CCC1(C)C. The van der Waals surface area contributed by atoms with Gasteiger partial charge in [-0.15, -0.1) is 0 Å². The summed E-state index contributed by atoms with van der Waals surface area (Å²) in [5.74, 6) is 1.88. The zero-order valence-corrected chi connectivity index (χ0v) is 13.2. The molecule has 1 aromatic rings. The van der Waals surface area contributed by atoms with Crippen molar-refractivity contribution in [2.75, 3.05) is 14.2 Å². The van der Waals surface area contributed by atoms with E-state index < -0.39 is 0 Å². The maximum atomic E-state index is 12.6. The summed E-state index contributed by atoms with van der Waals surface area (Å²) in [6, 6.07) is 3.84. The molecule has 0 aliphatic heterocycles. The fourth-order valence-corrected chi connectivity index (χ4v) is 3.70. The van der Waals surface area contributed by atoms with E-state index in [0.717, 1.165) is 47.5 Å². The third-order valence-electron chi connectivity index (χ3n) is 4.92. The molecule has 0 saturated heterocycles. The molecule has 0 bridgehead atoms. The molecule has 0 unspecified atom stereocenters. The van der Waals surface area contributed by atoms with Gasteiger partial charge in [0.15, 0.2) is 5.78 Å². The van der Waals surface area contributed by atoms with Gasteiger partial charge >= 0.3 is 0 Å². The molecule has 3 heteroatoms. The minimum Gasteiger partial charge on any atom is -0.496 e. The lowest BCUT2D eigenvalue weighted by atomic mass is 9.66. The smallest absolute Gasteiger partial charge is 0.163 e. The molecule has 2 aliphatic rings. The molecule has 0 aromatic heterocycles. The summed E-state index contributed by atoms with van der Waals surface area (Å²) in [6.07, 6.45) is 3.40. The predicted octanol–water partition coefficient (Wildman–Crippen LogP) is 3.79. The molecule has 1 aromatic carbocycles. The van der Waals surface area contributed by atoms with Gasteiger partial charge < -0.3 is 9.47 Å². The van der Waals surface area contributed by atoms with Crippen LogP contribution in [-0.2, 0) is 11.2 Å². The van der Waals surface area contributed by atoms with Gasteiger partial charge in [0.05, 0.1) is 14.2 Å². The van der Waals surface area contributed by atoms with Gasteiger partial charge in [-0.3, -0.25) is 4.79 Å². The average molecular weight is 286 g/mol. The first-order chi connectivity index (χ1) is 9.99. The number of rotatable bonds is 2. The van der Waals surface area contributed by atoms with Crippen molar-refractivity contribution in [3.63, 3.8) is 0 Å². The number of ether oxygens (including phenoxy) is 2. The van der Waals surface area contributed by atoms with Crippen molar-refractivity contribution in [2.45, 2.75) is 39.5 Å². The molecule has 0 amide bonds. The Labute approximate surface area is 125 Å². The molecule has 0 N–H and O–H groups in total. The standard InChI is InChI=1S/C18H22O3/c1-18(2)10-9-13(19)17-12(18)6-5-11-14(20-3)7-8-15(21-4)16(11)17/h7-8H,5-6,9-10H2,1-4H3. The zero-order valence-electron chi connectivity index (χ0n) is 13.2. The van der Waals surface area contributed by atoms with Gasteiger partial charge in [0.1, 0.15) is 11.5 Å². The number of carbonyl (C=O) groups is 1. The van der Waals surface area contributed by atoms with E-state index in [1.54, 1.807) is 14.2 Å². The Morgan fingerprint density at radius 1 is 1.00 bits per heavy atom. The Bertz CT molecular complexity index is 638. The summed E-state index contributed by atoms with van der Waals surface area (Å²) < 4.78 is 11.0. The van der Waals surface area contributed by atoms with Crippen LogP contribution in [0.2, 0.25) is 0 Å². The zero-order chi connectivity index (χ0) is 15.2. The van der Waals surface area contributed by atoms with Crippen LogP contribution in [0.4, 0.5) is 0 Å². The summed E-state index contributed by atoms with van der Waals surface area (Å²) in [7, 11) is 3.34. The summed E-state index contributed by atoms with van der Waals surface area (Å²) in [5.41, 5.74) is 4.35. The molecule has 3 nitrogen and oxygen atoms in total. The number of methoxy groups -OCH3 is 2. The molecule has 0 fully saturated rings. The second-order valence-corrected chi connectivity index (χ2v) is 6.48. The Balaban J connectivity index is 2.31. The summed E-state index contributed by atoms with van der Waals surface area (Å²) >= 11 is 0. The number of ketones is 1. The van der Waals surface area contributed by atoms with Crippen LogP contribution in [-0.4, -0.2) is 20.0 Å². The molecule has 0 saturated carbocycles. The lowest BCUT2D eigenvalue weighted by molar-refractivity contribution is -0.114. The second kappa shape index (κ2) is 4.90. The molecule has 0 atom stereocenters. The highest BCUT2D eigenvalue weighted by atomic mass is 16.5. The predicted molar refractivity (Wildman–Crippen MR) is 82.8 cm³/mol. The fourth-order valence-electron chi connectivity index (χ4n) is 3.70. The van der Waals surface area contributed by atoms with Crippen LogP contribution in [0.25, 0.3) is 5.57 Å². The normalized spacial score (nSPS) is 19.9. The number of Topliss-reactive ketones (excluding diaryl/α,β-unsaturated/α-hetero) is 1. The summed E-state index contributed by atoms with van der Waals surface area (Å²) in [4.78, 5) is 12.6. The van der Waals surface area contributed by atoms with Crippen LogP contribution in [0.1, 0.15) is 44.2 Å². The van der Waals surface area contributed by atoms with E-state index in [2.05, 4.69) is 13.8 Å². The van der Waals surface area contributed by atoms with Crippen LogP contribution < -0.4 is 9.47 Å². The monoisotopic (exact) mass is 286 g/mol. The minimum absolute atomic E-state index is 0.0923. The average Bonchev–Trinajstić information content (AvgIpc) is 2.49. The van der Waals surface area contributed by atoms with Gasteiger partial charge in [0.2, 0.25) is 0 Å². The van der Waals surface area contributed by atoms with Crippen molar-refractivity contribution in [1.82, 2.24) is 0 Å². The largest absolute Gasteiger partial charge is 0.496 e. The molecule has 21 heavy (non-hydrogen) atoms. The van der Waals surface area contributed by atoms with Crippen LogP contribution in [0.5, 0.6) is 11.5 Å². The molecule has 0 heterocycles. The number of fused-ring (bicyclic) bond motifs is 2. The number of carbonyl (C=O) groups excluding carboxylic acids is 1. The quantitative estimate of drug-likeness (QED) is 0.829. The number of allylic oxidation sites excluding steroid dienone is 2. The topological polar surface area (TPSA) is 35.5 Å². The number of hydrogen-bond donors (Lipinski definition) is 0. The first-order valence-electron chi connectivity index (χ1n) is 7.50. The third kappa shape index (κ3) is 2.06. The summed E-state index contributed by atoms with van der Waals surface area (Å²) in [6.45, 7) is 4.48. The first-order valence-corrected chi connectivity index (χ1v) is 7.50. The maximum absolute atomic E-state index is 12.6. The third-order valence-corrected chi connectivity index (χ3v) is 4.92. The van der Waals surface area contributed by atoms with E-state index in [9.17, 15) is 4.79 Å². The Hall–Kier alpha value is -1.77. The van der Waals surface area contributed by atoms with E-state index >= 15 is 0 Å². The van der Waals surface area contributed by atoms with Crippen molar-refractivity contribution >= 4 is 11.4 Å². The number of hydrogen-bond acceptors (Lipinski definition) is 3. The highest BCUT2D eigenvalue weighted by Gasteiger charge is 2.39. The van der Waals surface area contributed by atoms with E-state index in [0.29, 0.717) is 6.42 Å². The molecule has 0 radical (unpaired) electrons. The molecule has 2 aliphatic carbocycles. The second-order valence-electron chi connectivity index (χ2n) is 6.48. The van der Waals surface area contributed by atoms with Crippen LogP contribution in [0.3, 0.4) is 0 Å². The highest BCUT2D eigenvalue weighted by molar-refractivity contribution is 6.24.